The molecule has 20 heavy (non-hydrogen) atoms. The topological polar surface area (TPSA) is 74.2 Å². The van der Waals surface area contributed by atoms with Crippen LogP contribution in [-0.4, -0.2) is 16.7 Å². The van der Waals surface area contributed by atoms with Crippen LogP contribution in [0.4, 0.5) is 5.69 Å². The summed E-state index contributed by atoms with van der Waals surface area (Å²) in [5.41, 5.74) is 6.68. The third kappa shape index (κ3) is 2.90. The van der Waals surface area contributed by atoms with Crippen molar-refractivity contribution < 1.29 is 9.26 Å². The predicted octanol–water partition coefficient (Wildman–Crippen LogP) is 4.11. The molecule has 1 heterocycles. The second-order valence-electron chi connectivity index (χ2n) is 4.13. The van der Waals surface area contributed by atoms with Gasteiger partial charge in [0.25, 0.3) is 5.89 Å². The van der Waals surface area contributed by atoms with Gasteiger partial charge in [-0.15, -0.1) is 0 Å². The van der Waals surface area contributed by atoms with Crippen molar-refractivity contribution in [1.29, 1.82) is 0 Å². The first kappa shape index (κ1) is 15.1. The Kier molecular flexibility index (Phi) is 4.86. The molecule has 1 aromatic heterocycles. The Morgan fingerprint density at radius 3 is 2.65 bits per heavy atom. The van der Waals surface area contributed by atoms with Crippen LogP contribution in [0.2, 0.25) is 10.0 Å². The number of nitrogens with two attached hydrogens (primary N) is 1. The number of ether oxygens (including phenoxy) is 1. The molecule has 0 radical (unpaired) electrons. The first-order valence-electron chi connectivity index (χ1n) is 6.27. The summed E-state index contributed by atoms with van der Waals surface area (Å²) in [6, 6.07) is 3.26. The number of halogens is 2. The van der Waals surface area contributed by atoms with Crippen molar-refractivity contribution >= 4 is 28.9 Å². The molecule has 108 valence electrons. The number of hydrogen-bond acceptors (Lipinski definition) is 5. The van der Waals surface area contributed by atoms with Crippen molar-refractivity contribution in [2.24, 2.45) is 0 Å². The highest BCUT2D eigenvalue weighted by Crippen LogP contribution is 2.37. The molecule has 5 nitrogen and oxygen atoms in total. The number of anilines is 1. The van der Waals surface area contributed by atoms with Crippen molar-refractivity contribution in [1.82, 2.24) is 10.1 Å². The van der Waals surface area contributed by atoms with Crippen molar-refractivity contribution in [3.63, 3.8) is 0 Å². The van der Waals surface area contributed by atoms with Gasteiger partial charge in [0.15, 0.2) is 0 Å². The quantitative estimate of drug-likeness (QED) is 0.840. The van der Waals surface area contributed by atoms with Crippen LogP contribution in [0.25, 0.3) is 11.5 Å². The number of rotatable bonds is 5. The van der Waals surface area contributed by atoms with E-state index >= 15 is 0 Å². The molecule has 2 aromatic rings. The van der Waals surface area contributed by atoms with Crippen LogP contribution in [-0.2, 0) is 4.74 Å². The van der Waals surface area contributed by atoms with Crippen LogP contribution in [0.1, 0.15) is 32.2 Å². The first-order valence-corrected chi connectivity index (χ1v) is 7.03. The Labute approximate surface area is 127 Å². The summed E-state index contributed by atoms with van der Waals surface area (Å²) >= 11 is 12.1. The monoisotopic (exact) mass is 315 g/mol. The molecule has 0 saturated heterocycles. The molecule has 0 aliphatic carbocycles. The molecular formula is C13H15Cl2N3O2. The smallest absolute Gasteiger partial charge is 0.261 e. The van der Waals surface area contributed by atoms with Crippen molar-refractivity contribution in [3.8, 4) is 11.5 Å². The van der Waals surface area contributed by atoms with Gasteiger partial charge >= 0.3 is 0 Å². The van der Waals surface area contributed by atoms with E-state index in [0.717, 1.165) is 6.42 Å². The highest BCUT2D eigenvalue weighted by atomic mass is 35.5. The molecule has 0 aliphatic rings. The number of nitrogens with zero attached hydrogens (tertiary/aromatic N) is 2. The summed E-state index contributed by atoms with van der Waals surface area (Å²) < 4.78 is 10.8. The Bertz CT molecular complexity index is 601. The fourth-order valence-electron chi connectivity index (χ4n) is 1.83. The van der Waals surface area contributed by atoms with Gasteiger partial charge in [0.1, 0.15) is 6.10 Å². The van der Waals surface area contributed by atoms with Gasteiger partial charge in [0.05, 0.1) is 21.3 Å². The Morgan fingerprint density at radius 2 is 2.00 bits per heavy atom. The maximum atomic E-state index is 6.12. The predicted molar refractivity (Wildman–Crippen MR) is 78.8 cm³/mol. The van der Waals surface area contributed by atoms with E-state index in [4.69, 9.17) is 38.2 Å². The van der Waals surface area contributed by atoms with E-state index in [1.165, 1.54) is 0 Å². The van der Waals surface area contributed by atoms with Crippen molar-refractivity contribution in [3.05, 3.63) is 28.0 Å². The summed E-state index contributed by atoms with van der Waals surface area (Å²) in [6.07, 6.45) is 0.530. The molecule has 2 rings (SSSR count). The highest BCUT2D eigenvalue weighted by Gasteiger charge is 2.21. The molecule has 0 fully saturated rings. The molecule has 0 spiro atoms. The van der Waals surface area contributed by atoms with Crippen LogP contribution >= 0.6 is 23.2 Å². The van der Waals surface area contributed by atoms with Gasteiger partial charge in [-0.25, -0.2) is 0 Å². The molecule has 0 bridgehead atoms. The largest absolute Gasteiger partial charge is 0.397 e. The summed E-state index contributed by atoms with van der Waals surface area (Å²) in [7, 11) is 0. The second-order valence-corrected chi connectivity index (χ2v) is 4.94. The van der Waals surface area contributed by atoms with Crippen LogP contribution < -0.4 is 5.73 Å². The lowest BCUT2D eigenvalue weighted by Crippen LogP contribution is -2.04. The summed E-state index contributed by atoms with van der Waals surface area (Å²) in [6.45, 7) is 4.47. The van der Waals surface area contributed by atoms with E-state index in [0.29, 0.717) is 33.7 Å². The van der Waals surface area contributed by atoms with E-state index < -0.39 is 0 Å². The summed E-state index contributed by atoms with van der Waals surface area (Å²) in [5.74, 6) is 0.711. The molecule has 1 unspecified atom stereocenters. The lowest BCUT2D eigenvalue weighted by molar-refractivity contribution is 0.0518. The summed E-state index contributed by atoms with van der Waals surface area (Å²) in [4.78, 5) is 4.31. The molecule has 2 N–H and O–H groups in total. The van der Waals surface area contributed by atoms with Crippen molar-refractivity contribution in [2.45, 2.75) is 26.4 Å². The lowest BCUT2D eigenvalue weighted by atomic mass is 10.2. The highest BCUT2D eigenvalue weighted by molar-refractivity contribution is 6.37. The fraction of sp³-hybridized carbons (Fsp3) is 0.385. The van der Waals surface area contributed by atoms with E-state index in [1.807, 2.05) is 13.8 Å². The third-order valence-corrected chi connectivity index (χ3v) is 3.47. The Hall–Kier alpha value is -1.30. The minimum Gasteiger partial charge on any atom is -0.397 e. The van der Waals surface area contributed by atoms with E-state index in [9.17, 15) is 0 Å². The van der Waals surface area contributed by atoms with Gasteiger partial charge in [0, 0.05) is 6.61 Å². The van der Waals surface area contributed by atoms with E-state index in [1.54, 1.807) is 12.1 Å². The molecular weight excluding hydrogens is 301 g/mol. The van der Waals surface area contributed by atoms with E-state index in [2.05, 4.69) is 10.1 Å². The van der Waals surface area contributed by atoms with Crippen LogP contribution in [0.5, 0.6) is 0 Å². The Morgan fingerprint density at radius 1 is 1.30 bits per heavy atom. The second kappa shape index (κ2) is 6.43. The average Bonchev–Trinajstić information content (AvgIpc) is 2.90. The minimum absolute atomic E-state index is 0.211. The van der Waals surface area contributed by atoms with Gasteiger partial charge in [-0.05, 0) is 25.5 Å². The van der Waals surface area contributed by atoms with Crippen LogP contribution in [0.15, 0.2) is 16.7 Å². The maximum absolute atomic E-state index is 6.12. The number of hydrogen-bond donors (Lipinski definition) is 1. The zero-order chi connectivity index (χ0) is 14.7. The standard InChI is InChI=1S/C13H15Cl2N3O2/c1-3-9(19-4-2)12-17-13(20-18-12)10-7(14)5-6-8(15)11(10)16/h5-6,9H,3-4,16H2,1-2H3. The molecule has 1 aromatic carbocycles. The molecule has 0 aliphatic heterocycles. The lowest BCUT2D eigenvalue weighted by Gasteiger charge is -2.09. The molecule has 0 amide bonds. The van der Waals surface area contributed by atoms with Crippen LogP contribution in [0.3, 0.4) is 0 Å². The normalized spacial score (nSPS) is 12.6. The number of benzene rings is 1. The van der Waals surface area contributed by atoms with Gasteiger partial charge in [-0.1, -0.05) is 35.3 Å². The Balaban J connectivity index is 2.41. The third-order valence-electron chi connectivity index (χ3n) is 2.82. The minimum atomic E-state index is -0.211. The van der Waals surface area contributed by atoms with Gasteiger partial charge in [-0.2, -0.15) is 4.98 Å². The SMILES string of the molecule is CCOC(CC)c1noc(-c2c(Cl)ccc(Cl)c2N)n1. The van der Waals surface area contributed by atoms with Crippen molar-refractivity contribution in [2.75, 3.05) is 12.3 Å². The fourth-order valence-corrected chi connectivity index (χ4v) is 2.23. The molecule has 7 heteroatoms. The number of nitrogen functional groups attached to an aromatic ring is 1. The van der Waals surface area contributed by atoms with Gasteiger partial charge in [-0.3, -0.25) is 0 Å². The van der Waals surface area contributed by atoms with Crippen LogP contribution in [0, 0.1) is 0 Å². The average molecular weight is 316 g/mol. The molecule has 1 atom stereocenters. The van der Waals surface area contributed by atoms with Gasteiger partial charge < -0.3 is 15.0 Å². The molecule has 0 saturated carbocycles. The van der Waals surface area contributed by atoms with E-state index in [-0.39, 0.29) is 12.0 Å². The summed E-state index contributed by atoms with van der Waals surface area (Å²) in [5, 5.41) is 4.72. The zero-order valence-electron chi connectivity index (χ0n) is 11.2. The maximum Gasteiger partial charge on any atom is 0.261 e. The first-order chi connectivity index (χ1) is 9.58. The zero-order valence-corrected chi connectivity index (χ0v) is 12.7. The van der Waals surface area contributed by atoms with Gasteiger partial charge in [0.2, 0.25) is 5.82 Å². The number of aromatic nitrogens is 2.